The van der Waals surface area contributed by atoms with Crippen LogP contribution in [-0.2, 0) is 15.0 Å². The first-order valence-electron chi connectivity index (χ1n) is 8.77. The molecule has 0 saturated heterocycles. The molecule has 3 nitrogen and oxygen atoms in total. The summed E-state index contributed by atoms with van der Waals surface area (Å²) in [7, 11) is 0. The lowest BCUT2D eigenvalue weighted by Crippen LogP contribution is -2.58. The fourth-order valence-electron chi connectivity index (χ4n) is 3.87. The van der Waals surface area contributed by atoms with E-state index in [-0.39, 0.29) is 0 Å². The van der Waals surface area contributed by atoms with E-state index in [1.807, 2.05) is 91.0 Å². The van der Waals surface area contributed by atoms with Gasteiger partial charge in [-0.2, -0.15) is 0 Å². The monoisotopic (exact) mass is 408 g/mol. The number of hydrogen-bond acceptors (Lipinski definition) is 3. The molecule has 0 bridgehead atoms. The largest absolute Gasteiger partial charge is 0.379 e. The summed E-state index contributed by atoms with van der Waals surface area (Å²) >= 11 is 7.89. The standard InChI is InChI=1S/C23H20O3S2/c24-20(27)16-22(26,21(25)28)23(17-10-4-1-5-11-17,18-12-6-2-7-13-18)19-14-8-3-9-15-19/h1-15,26H,16H2,(H,24,27)(H,25,28)/t22-/m1/s1. The minimum absolute atomic E-state index is 0.489. The van der Waals surface area contributed by atoms with Crippen LogP contribution in [0.1, 0.15) is 23.1 Å². The Balaban J connectivity index is 2.51. The first-order valence-corrected chi connectivity index (χ1v) is 9.66. The molecule has 3 aromatic carbocycles. The van der Waals surface area contributed by atoms with Gasteiger partial charge in [-0.25, -0.2) is 0 Å². The second kappa shape index (κ2) is 8.35. The van der Waals surface area contributed by atoms with Gasteiger partial charge in [0.05, 0.1) is 11.8 Å². The zero-order valence-corrected chi connectivity index (χ0v) is 16.8. The van der Waals surface area contributed by atoms with E-state index in [1.54, 1.807) is 0 Å². The van der Waals surface area contributed by atoms with Crippen LogP contribution in [0, 0.1) is 0 Å². The predicted molar refractivity (Wildman–Crippen MR) is 117 cm³/mol. The highest BCUT2D eigenvalue weighted by Crippen LogP contribution is 2.50. The van der Waals surface area contributed by atoms with Crippen LogP contribution in [0.25, 0.3) is 0 Å². The molecule has 5 heteroatoms. The normalized spacial score (nSPS) is 13.5. The van der Waals surface area contributed by atoms with E-state index in [4.69, 9.17) is 0 Å². The first-order chi connectivity index (χ1) is 13.4. The molecule has 3 rings (SSSR count). The van der Waals surface area contributed by atoms with Crippen molar-refractivity contribution in [2.24, 2.45) is 0 Å². The lowest BCUT2D eigenvalue weighted by Gasteiger charge is -2.46. The second-order valence-corrected chi connectivity index (χ2v) is 7.49. The van der Waals surface area contributed by atoms with Crippen molar-refractivity contribution < 1.29 is 14.7 Å². The lowest BCUT2D eigenvalue weighted by atomic mass is 9.58. The third-order valence-corrected chi connectivity index (χ3v) is 5.53. The molecule has 0 aromatic heterocycles. The molecule has 1 N–H and O–H groups in total. The van der Waals surface area contributed by atoms with E-state index in [1.165, 1.54) is 0 Å². The molecular weight excluding hydrogens is 388 g/mol. The van der Waals surface area contributed by atoms with Crippen molar-refractivity contribution in [3.63, 3.8) is 0 Å². The molecule has 0 spiro atoms. The number of hydrogen-bond donors (Lipinski definition) is 3. The number of aliphatic hydroxyl groups is 1. The summed E-state index contributed by atoms with van der Waals surface area (Å²) in [6, 6.07) is 27.6. The van der Waals surface area contributed by atoms with Gasteiger partial charge in [0.2, 0.25) is 5.12 Å². The maximum absolute atomic E-state index is 12.8. The maximum Gasteiger partial charge on any atom is 0.219 e. The molecule has 0 aliphatic carbocycles. The van der Waals surface area contributed by atoms with Gasteiger partial charge in [-0.05, 0) is 16.7 Å². The Labute approximate surface area is 175 Å². The van der Waals surface area contributed by atoms with Gasteiger partial charge in [0.25, 0.3) is 0 Å². The second-order valence-electron chi connectivity index (χ2n) is 6.58. The van der Waals surface area contributed by atoms with Crippen molar-refractivity contribution in [2.75, 3.05) is 0 Å². The quantitative estimate of drug-likeness (QED) is 0.408. The van der Waals surface area contributed by atoms with E-state index in [2.05, 4.69) is 25.3 Å². The highest BCUT2D eigenvalue weighted by atomic mass is 32.1. The van der Waals surface area contributed by atoms with Gasteiger partial charge < -0.3 is 5.11 Å². The zero-order chi connectivity index (χ0) is 20.2. The molecule has 0 aliphatic rings. The zero-order valence-electron chi connectivity index (χ0n) is 15.0. The Bertz CT molecular complexity index is 862. The van der Waals surface area contributed by atoms with Gasteiger partial charge >= 0.3 is 0 Å². The Morgan fingerprint density at radius 1 is 0.679 bits per heavy atom. The molecule has 142 valence electrons. The van der Waals surface area contributed by atoms with Crippen molar-refractivity contribution in [3.05, 3.63) is 108 Å². The molecule has 0 radical (unpaired) electrons. The molecule has 0 heterocycles. The minimum atomic E-state index is -2.15. The van der Waals surface area contributed by atoms with Gasteiger partial charge in [0.15, 0.2) is 10.7 Å². The minimum Gasteiger partial charge on any atom is -0.379 e. The average molecular weight is 409 g/mol. The molecule has 0 amide bonds. The van der Waals surface area contributed by atoms with Crippen LogP contribution in [0.15, 0.2) is 91.0 Å². The fourth-order valence-corrected chi connectivity index (χ4v) is 4.34. The summed E-state index contributed by atoms with van der Waals surface area (Å²) in [5.74, 6) is 0. The third-order valence-electron chi connectivity index (χ3n) is 5.00. The number of carbonyl (C=O) groups is 2. The van der Waals surface area contributed by atoms with Gasteiger partial charge in [-0.3, -0.25) is 9.59 Å². The number of thiol groups is 2. The lowest BCUT2D eigenvalue weighted by molar-refractivity contribution is -0.137. The summed E-state index contributed by atoms with van der Waals surface area (Å²) in [5.41, 5.74) is -1.49. The highest BCUT2D eigenvalue weighted by molar-refractivity contribution is 7.97. The summed E-state index contributed by atoms with van der Waals surface area (Å²) in [4.78, 5) is 24.8. The summed E-state index contributed by atoms with van der Waals surface area (Å²) in [6.07, 6.45) is -0.489. The molecule has 28 heavy (non-hydrogen) atoms. The van der Waals surface area contributed by atoms with E-state index in [0.717, 1.165) is 0 Å². The van der Waals surface area contributed by atoms with Crippen LogP contribution in [0.4, 0.5) is 0 Å². The number of rotatable bonds is 7. The predicted octanol–water partition coefficient (Wildman–Crippen LogP) is 4.06. The van der Waals surface area contributed by atoms with Gasteiger partial charge in [-0.1, -0.05) is 91.0 Å². The number of carbonyl (C=O) groups excluding carboxylic acids is 2. The molecule has 0 saturated carbocycles. The summed E-state index contributed by atoms with van der Waals surface area (Å²) in [5, 5.41) is 10.4. The van der Waals surface area contributed by atoms with E-state index >= 15 is 0 Å². The highest BCUT2D eigenvalue weighted by Gasteiger charge is 2.58. The van der Waals surface area contributed by atoms with Crippen molar-refractivity contribution >= 4 is 35.5 Å². The van der Waals surface area contributed by atoms with Crippen LogP contribution in [0.5, 0.6) is 0 Å². The van der Waals surface area contributed by atoms with E-state index in [0.29, 0.717) is 16.7 Å². The van der Waals surface area contributed by atoms with Crippen LogP contribution in [-0.4, -0.2) is 20.9 Å². The van der Waals surface area contributed by atoms with Crippen LogP contribution < -0.4 is 0 Å². The van der Waals surface area contributed by atoms with Crippen LogP contribution in [0.2, 0.25) is 0 Å². The molecule has 3 aromatic rings. The van der Waals surface area contributed by atoms with Crippen LogP contribution in [0.3, 0.4) is 0 Å². The average Bonchev–Trinajstić information content (AvgIpc) is 2.70. The smallest absolute Gasteiger partial charge is 0.219 e. The van der Waals surface area contributed by atoms with Gasteiger partial charge in [-0.15, -0.1) is 25.3 Å². The topological polar surface area (TPSA) is 54.4 Å². The van der Waals surface area contributed by atoms with E-state index in [9.17, 15) is 14.7 Å². The Kier molecular flexibility index (Phi) is 6.08. The SMILES string of the molecule is O=C(S)C[C@@](O)(C(=O)S)C(c1ccccc1)(c1ccccc1)c1ccccc1. The third kappa shape index (κ3) is 3.41. The fraction of sp³-hybridized carbons (Fsp3) is 0.130. The van der Waals surface area contributed by atoms with E-state index < -0.39 is 27.7 Å². The first kappa shape index (κ1) is 20.4. The molecular formula is C23H20O3S2. The molecule has 0 aliphatic heterocycles. The summed E-state index contributed by atoms with van der Waals surface area (Å²) < 4.78 is 0. The molecule has 1 atom stereocenters. The molecule has 0 unspecified atom stereocenters. The van der Waals surface area contributed by atoms with Gasteiger partial charge in [0, 0.05) is 0 Å². The van der Waals surface area contributed by atoms with Crippen molar-refractivity contribution in [1.29, 1.82) is 0 Å². The van der Waals surface area contributed by atoms with Crippen molar-refractivity contribution in [1.82, 2.24) is 0 Å². The van der Waals surface area contributed by atoms with Gasteiger partial charge in [0.1, 0.15) is 0 Å². The Morgan fingerprint density at radius 3 is 1.25 bits per heavy atom. The summed E-state index contributed by atoms with van der Waals surface area (Å²) in [6.45, 7) is 0. The molecule has 0 fully saturated rings. The Hall–Kier alpha value is -2.34. The Morgan fingerprint density at radius 2 is 1.00 bits per heavy atom. The van der Waals surface area contributed by atoms with Crippen LogP contribution >= 0.6 is 25.3 Å². The number of benzene rings is 3. The maximum atomic E-state index is 12.8. The van der Waals surface area contributed by atoms with Crippen molar-refractivity contribution in [2.45, 2.75) is 17.4 Å². The van der Waals surface area contributed by atoms with Crippen molar-refractivity contribution in [3.8, 4) is 0 Å².